The molecule has 0 heterocycles. The van der Waals surface area contributed by atoms with Crippen molar-refractivity contribution in [2.75, 3.05) is 7.05 Å². The quantitative estimate of drug-likeness (QED) is 0.796. The van der Waals surface area contributed by atoms with Gasteiger partial charge in [-0.3, -0.25) is 4.99 Å². The van der Waals surface area contributed by atoms with Gasteiger partial charge in [0.05, 0.1) is 0 Å². The standard InChI is InChI=1S/C12H12FNO2/c1-8(7-11(14-2)12(15)16)9-3-5-10(13)6-4-9/h3-7H,1-2H3,(H,15,16)/b8-7+,14-11+. The number of halogens is 1. The highest BCUT2D eigenvalue weighted by atomic mass is 19.1. The van der Waals surface area contributed by atoms with Crippen LogP contribution in [0.5, 0.6) is 0 Å². The van der Waals surface area contributed by atoms with E-state index in [0.717, 1.165) is 11.1 Å². The Morgan fingerprint density at radius 2 is 1.94 bits per heavy atom. The molecule has 0 amide bonds. The van der Waals surface area contributed by atoms with Crippen LogP contribution in [0.15, 0.2) is 35.3 Å². The van der Waals surface area contributed by atoms with Crippen molar-refractivity contribution >= 4 is 17.3 Å². The maximum atomic E-state index is 12.7. The van der Waals surface area contributed by atoms with Gasteiger partial charge >= 0.3 is 5.97 Å². The van der Waals surface area contributed by atoms with Gasteiger partial charge < -0.3 is 5.11 Å². The predicted molar refractivity (Wildman–Crippen MR) is 61.0 cm³/mol. The Labute approximate surface area is 92.9 Å². The first-order valence-corrected chi connectivity index (χ1v) is 4.69. The largest absolute Gasteiger partial charge is 0.477 e. The molecule has 16 heavy (non-hydrogen) atoms. The summed E-state index contributed by atoms with van der Waals surface area (Å²) in [6.45, 7) is 1.75. The van der Waals surface area contributed by atoms with Gasteiger partial charge in [-0.15, -0.1) is 0 Å². The Bertz CT molecular complexity index is 447. The SMILES string of the molecule is C/N=C(\C=C(/C)c1ccc(F)cc1)C(=O)O. The van der Waals surface area contributed by atoms with Gasteiger partial charge in [0.15, 0.2) is 0 Å². The number of carboxylic acid groups (broad SMARTS) is 1. The van der Waals surface area contributed by atoms with Crippen LogP contribution in [-0.4, -0.2) is 23.8 Å². The molecule has 0 aromatic heterocycles. The first-order valence-electron chi connectivity index (χ1n) is 4.69. The number of aliphatic carboxylic acids is 1. The first-order chi connectivity index (χ1) is 7.54. The monoisotopic (exact) mass is 221 g/mol. The molecular weight excluding hydrogens is 209 g/mol. The first kappa shape index (κ1) is 12.1. The fraction of sp³-hybridized carbons (Fsp3) is 0.167. The minimum Gasteiger partial charge on any atom is -0.477 e. The van der Waals surface area contributed by atoms with Gasteiger partial charge in [-0.05, 0) is 36.3 Å². The molecule has 0 aliphatic rings. The molecule has 84 valence electrons. The summed E-state index contributed by atoms with van der Waals surface area (Å²) in [5.41, 5.74) is 1.47. The number of aliphatic imine (C=N–C) groups is 1. The lowest BCUT2D eigenvalue weighted by Crippen LogP contribution is -2.10. The highest BCUT2D eigenvalue weighted by Crippen LogP contribution is 2.14. The van der Waals surface area contributed by atoms with Crippen molar-refractivity contribution < 1.29 is 14.3 Å². The van der Waals surface area contributed by atoms with Crippen LogP contribution in [0.4, 0.5) is 4.39 Å². The third kappa shape index (κ3) is 3.02. The van der Waals surface area contributed by atoms with Crippen molar-refractivity contribution in [3.8, 4) is 0 Å². The Morgan fingerprint density at radius 3 is 2.38 bits per heavy atom. The molecule has 0 bridgehead atoms. The molecule has 0 aliphatic heterocycles. The van der Waals surface area contributed by atoms with Crippen molar-refractivity contribution in [2.45, 2.75) is 6.92 Å². The Hall–Kier alpha value is -1.97. The number of carboxylic acids is 1. The summed E-state index contributed by atoms with van der Waals surface area (Å²) in [4.78, 5) is 14.4. The van der Waals surface area contributed by atoms with E-state index in [9.17, 15) is 9.18 Å². The van der Waals surface area contributed by atoms with E-state index in [4.69, 9.17) is 5.11 Å². The second kappa shape index (κ2) is 5.21. The molecule has 1 aromatic rings. The Morgan fingerprint density at radius 1 is 1.38 bits per heavy atom. The van der Waals surface area contributed by atoms with Crippen molar-refractivity contribution in [2.24, 2.45) is 4.99 Å². The summed E-state index contributed by atoms with van der Waals surface area (Å²) in [6.07, 6.45) is 1.45. The van der Waals surface area contributed by atoms with Gasteiger partial charge in [0, 0.05) is 7.05 Å². The Balaban J connectivity index is 3.01. The van der Waals surface area contributed by atoms with Crippen LogP contribution in [0.25, 0.3) is 5.57 Å². The van der Waals surface area contributed by atoms with Gasteiger partial charge in [-0.25, -0.2) is 9.18 Å². The lowest BCUT2D eigenvalue weighted by Gasteiger charge is -2.01. The molecule has 4 heteroatoms. The summed E-state index contributed by atoms with van der Waals surface area (Å²) in [6, 6.07) is 5.85. The molecular formula is C12H12FNO2. The Kier molecular flexibility index (Phi) is 3.94. The van der Waals surface area contributed by atoms with Crippen molar-refractivity contribution in [1.82, 2.24) is 0 Å². The molecule has 0 fully saturated rings. The van der Waals surface area contributed by atoms with Crippen LogP contribution in [0.1, 0.15) is 12.5 Å². The molecule has 0 spiro atoms. The zero-order chi connectivity index (χ0) is 12.1. The van der Waals surface area contributed by atoms with Gasteiger partial charge in [0.25, 0.3) is 0 Å². The molecule has 0 radical (unpaired) electrons. The normalized spacial score (nSPS) is 12.7. The smallest absolute Gasteiger partial charge is 0.354 e. The molecule has 0 saturated heterocycles. The molecule has 1 rings (SSSR count). The number of rotatable bonds is 3. The van der Waals surface area contributed by atoms with E-state index >= 15 is 0 Å². The van der Waals surface area contributed by atoms with Crippen LogP contribution in [-0.2, 0) is 4.79 Å². The van der Waals surface area contributed by atoms with Gasteiger partial charge in [-0.2, -0.15) is 0 Å². The van der Waals surface area contributed by atoms with Crippen LogP contribution in [0, 0.1) is 5.82 Å². The fourth-order valence-electron chi connectivity index (χ4n) is 1.22. The fourth-order valence-corrected chi connectivity index (χ4v) is 1.22. The minimum atomic E-state index is -1.08. The summed E-state index contributed by atoms with van der Waals surface area (Å²) >= 11 is 0. The van der Waals surface area contributed by atoms with E-state index < -0.39 is 5.97 Å². The van der Waals surface area contributed by atoms with Crippen LogP contribution < -0.4 is 0 Å². The summed E-state index contributed by atoms with van der Waals surface area (Å²) in [5.74, 6) is -1.40. The number of carbonyl (C=O) groups is 1. The number of nitrogens with zero attached hydrogens (tertiary/aromatic N) is 1. The highest BCUT2D eigenvalue weighted by Gasteiger charge is 2.05. The zero-order valence-corrected chi connectivity index (χ0v) is 9.07. The predicted octanol–water partition coefficient (Wildman–Crippen LogP) is 2.38. The van der Waals surface area contributed by atoms with Gasteiger partial charge in [0.2, 0.25) is 0 Å². The number of allylic oxidation sites excluding steroid dienone is 1. The van der Waals surface area contributed by atoms with Crippen LogP contribution in [0.2, 0.25) is 0 Å². The minimum absolute atomic E-state index is 0.0261. The van der Waals surface area contributed by atoms with E-state index in [1.54, 1.807) is 19.1 Å². The van der Waals surface area contributed by atoms with Crippen molar-refractivity contribution in [1.29, 1.82) is 0 Å². The van der Waals surface area contributed by atoms with Crippen molar-refractivity contribution in [3.05, 3.63) is 41.7 Å². The third-order valence-corrected chi connectivity index (χ3v) is 2.11. The molecule has 0 saturated carbocycles. The summed E-state index contributed by atoms with van der Waals surface area (Å²) < 4.78 is 12.7. The summed E-state index contributed by atoms with van der Waals surface area (Å²) in [7, 11) is 1.41. The van der Waals surface area contributed by atoms with Crippen LogP contribution in [0.3, 0.4) is 0 Å². The maximum absolute atomic E-state index is 12.7. The summed E-state index contributed by atoms with van der Waals surface area (Å²) in [5, 5.41) is 8.78. The lowest BCUT2D eigenvalue weighted by molar-refractivity contribution is -0.129. The topological polar surface area (TPSA) is 49.7 Å². The molecule has 3 nitrogen and oxygen atoms in total. The molecule has 0 atom stereocenters. The molecule has 0 unspecified atom stereocenters. The maximum Gasteiger partial charge on any atom is 0.354 e. The van der Waals surface area contributed by atoms with Crippen molar-refractivity contribution in [3.63, 3.8) is 0 Å². The van der Waals surface area contributed by atoms with Gasteiger partial charge in [0.1, 0.15) is 11.5 Å². The molecule has 1 N–H and O–H groups in total. The third-order valence-electron chi connectivity index (χ3n) is 2.11. The number of hydrogen-bond donors (Lipinski definition) is 1. The second-order valence-electron chi connectivity index (χ2n) is 3.25. The zero-order valence-electron chi connectivity index (χ0n) is 9.07. The van der Waals surface area contributed by atoms with E-state index in [1.807, 2.05) is 0 Å². The van der Waals surface area contributed by atoms with E-state index in [0.29, 0.717) is 0 Å². The average molecular weight is 221 g/mol. The second-order valence-corrected chi connectivity index (χ2v) is 3.25. The van der Waals surface area contributed by atoms with Gasteiger partial charge in [-0.1, -0.05) is 12.1 Å². The van der Waals surface area contributed by atoms with E-state index in [2.05, 4.69) is 4.99 Å². The highest BCUT2D eigenvalue weighted by molar-refractivity contribution is 6.41. The van der Waals surface area contributed by atoms with Crippen LogP contribution >= 0.6 is 0 Å². The van der Waals surface area contributed by atoms with E-state index in [-0.39, 0.29) is 11.5 Å². The number of benzene rings is 1. The molecule has 1 aromatic carbocycles. The van der Waals surface area contributed by atoms with E-state index in [1.165, 1.54) is 25.3 Å². The molecule has 0 aliphatic carbocycles. The lowest BCUT2D eigenvalue weighted by atomic mass is 10.1. The number of hydrogen-bond acceptors (Lipinski definition) is 2. The average Bonchev–Trinajstić information content (AvgIpc) is 2.26.